The molecule has 3 nitrogen and oxygen atoms in total. The van der Waals surface area contributed by atoms with E-state index in [1.54, 1.807) is 12.1 Å². The van der Waals surface area contributed by atoms with Gasteiger partial charge in [-0.15, -0.1) is 0 Å². The van der Waals surface area contributed by atoms with Crippen molar-refractivity contribution in [2.24, 2.45) is 0 Å². The van der Waals surface area contributed by atoms with Crippen molar-refractivity contribution in [3.63, 3.8) is 0 Å². The third kappa shape index (κ3) is 2.18. The van der Waals surface area contributed by atoms with Gasteiger partial charge in [0, 0.05) is 6.61 Å². The van der Waals surface area contributed by atoms with E-state index in [2.05, 4.69) is 21.2 Å². The molecule has 1 aromatic carbocycles. The van der Waals surface area contributed by atoms with Gasteiger partial charge in [0.1, 0.15) is 6.07 Å². The third-order valence-electron chi connectivity index (χ3n) is 2.49. The van der Waals surface area contributed by atoms with Crippen molar-refractivity contribution in [1.29, 1.82) is 5.26 Å². The largest absolute Gasteiger partial charge is 0.379 e. The number of halogens is 2. The van der Waals surface area contributed by atoms with Crippen LogP contribution >= 0.6 is 15.9 Å². The van der Waals surface area contributed by atoms with E-state index in [9.17, 15) is 4.39 Å². The molecule has 84 valence electrons. The van der Waals surface area contributed by atoms with Crippen LogP contribution in [0.3, 0.4) is 0 Å². The second-order valence-electron chi connectivity index (χ2n) is 3.61. The van der Waals surface area contributed by atoms with E-state index >= 15 is 0 Å². The maximum atomic E-state index is 13.8. The van der Waals surface area contributed by atoms with Crippen molar-refractivity contribution >= 4 is 21.6 Å². The Hall–Kier alpha value is -1.12. The molecule has 0 aromatic heterocycles. The highest BCUT2D eigenvalue weighted by atomic mass is 79.9. The molecular weight excluding hydrogens is 275 g/mol. The highest BCUT2D eigenvalue weighted by molar-refractivity contribution is 9.10. The van der Waals surface area contributed by atoms with Crippen molar-refractivity contribution in [2.45, 2.75) is 12.5 Å². The average molecular weight is 285 g/mol. The van der Waals surface area contributed by atoms with Crippen LogP contribution in [-0.4, -0.2) is 19.3 Å². The van der Waals surface area contributed by atoms with Crippen LogP contribution < -0.4 is 5.32 Å². The minimum Gasteiger partial charge on any atom is -0.379 e. The lowest BCUT2D eigenvalue weighted by Gasteiger charge is -2.13. The zero-order chi connectivity index (χ0) is 11.5. The second kappa shape index (κ2) is 4.81. The van der Waals surface area contributed by atoms with Crippen molar-refractivity contribution in [2.75, 3.05) is 18.5 Å². The Morgan fingerprint density at radius 2 is 2.38 bits per heavy atom. The van der Waals surface area contributed by atoms with E-state index in [-0.39, 0.29) is 10.5 Å². The van der Waals surface area contributed by atoms with Crippen LogP contribution in [0.25, 0.3) is 0 Å². The van der Waals surface area contributed by atoms with Crippen LogP contribution in [0, 0.1) is 17.1 Å². The quantitative estimate of drug-likeness (QED) is 0.908. The first-order valence-corrected chi connectivity index (χ1v) is 5.74. The number of nitriles is 1. The molecular formula is C11H10BrFN2O. The Labute approximate surface area is 101 Å². The first-order valence-electron chi connectivity index (χ1n) is 4.94. The van der Waals surface area contributed by atoms with Gasteiger partial charge in [0.15, 0.2) is 5.82 Å². The van der Waals surface area contributed by atoms with Crippen molar-refractivity contribution in [1.82, 2.24) is 0 Å². The summed E-state index contributed by atoms with van der Waals surface area (Å²) >= 11 is 3.07. The molecule has 1 fully saturated rings. The Morgan fingerprint density at radius 3 is 3.00 bits per heavy atom. The Balaban J connectivity index is 2.22. The molecule has 0 saturated carbocycles. The predicted octanol–water partition coefficient (Wildman–Crippen LogP) is 2.66. The number of benzene rings is 1. The van der Waals surface area contributed by atoms with Gasteiger partial charge < -0.3 is 10.1 Å². The summed E-state index contributed by atoms with van der Waals surface area (Å²) in [4.78, 5) is 0. The second-order valence-corrected chi connectivity index (χ2v) is 4.40. The molecule has 0 spiro atoms. The zero-order valence-corrected chi connectivity index (χ0v) is 10.1. The lowest BCUT2D eigenvalue weighted by molar-refractivity contribution is 0.195. The molecule has 0 radical (unpaired) electrons. The summed E-state index contributed by atoms with van der Waals surface area (Å²) in [5.41, 5.74) is 0.701. The van der Waals surface area contributed by atoms with Crippen molar-refractivity contribution in [3.05, 3.63) is 28.0 Å². The van der Waals surface area contributed by atoms with Crippen molar-refractivity contribution in [3.8, 4) is 6.07 Å². The minimum absolute atomic E-state index is 0.148. The molecule has 1 saturated heterocycles. The standard InChI is InChI=1S/C11H10BrFN2O/c12-10-7(5-14)1-2-9(11(10)13)15-8-3-4-16-6-8/h1-2,8,15H,3-4,6H2. The maximum Gasteiger partial charge on any atom is 0.161 e. The highest BCUT2D eigenvalue weighted by Crippen LogP contribution is 2.27. The van der Waals surface area contributed by atoms with Gasteiger partial charge in [-0.25, -0.2) is 4.39 Å². The number of ether oxygens (including phenoxy) is 1. The number of nitrogens with one attached hydrogen (secondary N) is 1. The van der Waals surface area contributed by atoms with Gasteiger partial charge in [-0.3, -0.25) is 0 Å². The van der Waals surface area contributed by atoms with Crippen LogP contribution in [0.4, 0.5) is 10.1 Å². The number of hydrogen-bond donors (Lipinski definition) is 1. The van der Waals surface area contributed by atoms with Crippen LogP contribution in [0.1, 0.15) is 12.0 Å². The van der Waals surface area contributed by atoms with Gasteiger partial charge in [0.05, 0.1) is 28.4 Å². The van der Waals surface area contributed by atoms with Gasteiger partial charge in [-0.05, 0) is 34.5 Å². The lowest BCUT2D eigenvalue weighted by Crippen LogP contribution is -2.19. The Morgan fingerprint density at radius 1 is 1.56 bits per heavy atom. The summed E-state index contributed by atoms with van der Waals surface area (Å²) in [6, 6.07) is 5.23. The first-order chi connectivity index (χ1) is 7.72. The van der Waals surface area contributed by atoms with Gasteiger partial charge in [-0.2, -0.15) is 5.26 Å². The van der Waals surface area contributed by atoms with Crippen LogP contribution in [0.2, 0.25) is 0 Å². The van der Waals surface area contributed by atoms with Gasteiger partial charge in [0.25, 0.3) is 0 Å². The number of anilines is 1. The topological polar surface area (TPSA) is 45.0 Å². The molecule has 1 heterocycles. The molecule has 1 aromatic rings. The van der Waals surface area contributed by atoms with E-state index in [1.165, 1.54) is 0 Å². The van der Waals surface area contributed by atoms with E-state index in [1.807, 2.05) is 6.07 Å². The number of hydrogen-bond acceptors (Lipinski definition) is 3. The fourth-order valence-corrected chi connectivity index (χ4v) is 2.05. The summed E-state index contributed by atoms with van der Waals surface area (Å²) in [7, 11) is 0. The van der Waals surface area contributed by atoms with Gasteiger partial charge in [-0.1, -0.05) is 0 Å². The molecule has 1 aliphatic rings. The van der Waals surface area contributed by atoms with E-state index in [0.29, 0.717) is 24.5 Å². The molecule has 16 heavy (non-hydrogen) atoms. The van der Waals surface area contributed by atoms with Crippen LogP contribution in [-0.2, 0) is 4.74 Å². The molecule has 0 bridgehead atoms. The molecule has 1 N–H and O–H groups in total. The molecule has 0 aliphatic carbocycles. The molecule has 1 atom stereocenters. The summed E-state index contributed by atoms with van der Waals surface area (Å²) in [6.45, 7) is 1.30. The fourth-order valence-electron chi connectivity index (χ4n) is 1.62. The fraction of sp³-hybridized carbons (Fsp3) is 0.364. The summed E-state index contributed by atoms with van der Waals surface area (Å²) in [6.07, 6.45) is 0.872. The maximum absolute atomic E-state index is 13.8. The minimum atomic E-state index is -0.425. The summed E-state index contributed by atoms with van der Waals surface area (Å²) < 4.78 is 19.2. The molecule has 0 amide bonds. The molecule has 5 heteroatoms. The average Bonchev–Trinajstić information content (AvgIpc) is 2.78. The smallest absolute Gasteiger partial charge is 0.161 e. The molecule has 1 aliphatic heterocycles. The Kier molecular flexibility index (Phi) is 3.42. The SMILES string of the molecule is N#Cc1ccc(NC2CCOC2)c(F)c1Br. The zero-order valence-electron chi connectivity index (χ0n) is 8.46. The van der Waals surface area contributed by atoms with Crippen molar-refractivity contribution < 1.29 is 9.13 Å². The predicted molar refractivity (Wildman–Crippen MR) is 61.7 cm³/mol. The normalized spacial score (nSPS) is 19.4. The molecule has 2 rings (SSSR count). The van der Waals surface area contributed by atoms with Gasteiger partial charge in [0.2, 0.25) is 0 Å². The summed E-state index contributed by atoms with van der Waals surface area (Å²) in [5, 5.41) is 11.8. The van der Waals surface area contributed by atoms with Crippen LogP contribution in [0.15, 0.2) is 16.6 Å². The number of nitrogens with zero attached hydrogens (tertiary/aromatic N) is 1. The van der Waals surface area contributed by atoms with E-state index < -0.39 is 5.82 Å². The van der Waals surface area contributed by atoms with E-state index in [0.717, 1.165) is 6.42 Å². The summed E-state index contributed by atoms with van der Waals surface area (Å²) in [5.74, 6) is -0.425. The lowest BCUT2D eigenvalue weighted by atomic mass is 10.2. The third-order valence-corrected chi connectivity index (χ3v) is 3.27. The monoisotopic (exact) mass is 284 g/mol. The highest BCUT2D eigenvalue weighted by Gasteiger charge is 2.18. The first kappa shape index (κ1) is 11.4. The molecule has 1 unspecified atom stereocenters. The van der Waals surface area contributed by atoms with Gasteiger partial charge >= 0.3 is 0 Å². The number of rotatable bonds is 2. The Bertz CT molecular complexity index is 438. The van der Waals surface area contributed by atoms with E-state index in [4.69, 9.17) is 10.00 Å². The van der Waals surface area contributed by atoms with Crippen LogP contribution in [0.5, 0.6) is 0 Å².